The number of esters is 3. The molecule has 24 heteroatoms. The van der Waals surface area contributed by atoms with Crippen LogP contribution in [0.2, 0.25) is 0 Å². The highest BCUT2D eigenvalue weighted by Crippen LogP contribution is 2.62. The summed E-state index contributed by atoms with van der Waals surface area (Å²) in [4.78, 5) is 74.3. The van der Waals surface area contributed by atoms with E-state index in [-0.39, 0.29) is 49.7 Å². The Balaban J connectivity index is 2.31. The molecular formula is C36H59N2O19P3. The van der Waals surface area contributed by atoms with Gasteiger partial charge < -0.3 is 52.2 Å². The van der Waals surface area contributed by atoms with Gasteiger partial charge in [0.15, 0.2) is 12.5 Å². The second-order valence-corrected chi connectivity index (χ2v) is 21.7. The van der Waals surface area contributed by atoms with Gasteiger partial charge in [-0.05, 0) is 72.1 Å². The molecule has 0 bridgehead atoms. The van der Waals surface area contributed by atoms with Crippen LogP contribution in [0.4, 0.5) is 0 Å². The van der Waals surface area contributed by atoms with E-state index in [4.69, 9.17) is 46.1 Å². The van der Waals surface area contributed by atoms with Crippen LogP contribution >= 0.6 is 23.0 Å². The molecule has 0 radical (unpaired) electrons. The maximum Gasteiger partial charge on any atom is 0.530 e. The van der Waals surface area contributed by atoms with Gasteiger partial charge in [-0.25, -0.2) is 9.36 Å². The third kappa shape index (κ3) is 18.8. The van der Waals surface area contributed by atoms with E-state index in [1.54, 1.807) is 48.5 Å². The highest BCUT2D eigenvalue weighted by atomic mass is 31.2. The molecule has 1 aliphatic rings. The number of ether oxygens (including phenoxy) is 4. The number of rotatable bonds is 23. The average molecular weight is 917 g/mol. The van der Waals surface area contributed by atoms with Crippen LogP contribution in [0.1, 0.15) is 77.2 Å². The summed E-state index contributed by atoms with van der Waals surface area (Å²) < 4.78 is 94.0. The number of benzene rings is 1. The average Bonchev–Trinajstić information content (AvgIpc) is 3.14. The molecule has 3 atom stereocenters. The van der Waals surface area contributed by atoms with E-state index in [1.165, 1.54) is 38.2 Å². The third-order valence-electron chi connectivity index (χ3n) is 7.90. The molecule has 0 spiro atoms. The standard InChI is InChI=1S/C36H59N2O19P3/c1-25(32(55-33(42)35(2,3)4)56-34(43)36(5,6)7)14-17-50-58(44,45)24-59(46,51-19-18-48-22-29(39)37-8)54-21-26-12-13-28(57-60(47)52-15-11-16-53-60)27(20-26)31(41)49-23-30(40)38(9)10/h12-13,20,25,32H,11,14-19,21-24H2,1-10H3,(H,37,39)(H,44,45). The van der Waals surface area contributed by atoms with Crippen molar-refractivity contribution in [3.05, 3.63) is 29.3 Å². The van der Waals surface area contributed by atoms with Crippen molar-refractivity contribution in [1.29, 1.82) is 0 Å². The van der Waals surface area contributed by atoms with Gasteiger partial charge in [-0.3, -0.25) is 37.4 Å². The first-order chi connectivity index (χ1) is 27.7. The van der Waals surface area contributed by atoms with Crippen LogP contribution in [0.15, 0.2) is 18.2 Å². The summed E-state index contributed by atoms with van der Waals surface area (Å²) in [7, 11) is -9.26. The number of hydrogen-bond donors (Lipinski definition) is 2. The Bertz CT molecular complexity index is 1750. The summed E-state index contributed by atoms with van der Waals surface area (Å²) in [5.74, 6) is -5.60. The molecule has 2 amide bonds. The van der Waals surface area contributed by atoms with Crippen molar-refractivity contribution in [2.45, 2.75) is 74.2 Å². The van der Waals surface area contributed by atoms with Gasteiger partial charge in [0, 0.05) is 27.1 Å². The van der Waals surface area contributed by atoms with E-state index >= 15 is 0 Å². The molecule has 60 heavy (non-hydrogen) atoms. The highest BCUT2D eigenvalue weighted by molar-refractivity contribution is 7.70. The fourth-order valence-electron chi connectivity index (χ4n) is 4.22. The highest BCUT2D eigenvalue weighted by Gasteiger charge is 2.39. The molecular weight excluding hydrogens is 857 g/mol. The number of amides is 2. The van der Waals surface area contributed by atoms with Gasteiger partial charge in [-0.2, -0.15) is 0 Å². The lowest BCUT2D eigenvalue weighted by Crippen LogP contribution is -2.38. The molecule has 0 aromatic heterocycles. The van der Waals surface area contributed by atoms with E-state index in [1.807, 2.05) is 0 Å². The summed E-state index contributed by atoms with van der Waals surface area (Å²) in [6.45, 7) is 8.55. The minimum Gasteiger partial charge on any atom is -0.452 e. The number of likely N-dealkylation sites (N-methyl/N-ethyl adjacent to an activating group) is 2. The second-order valence-electron chi connectivity index (χ2n) is 15.8. The largest absolute Gasteiger partial charge is 0.530 e. The molecule has 1 aromatic rings. The second kappa shape index (κ2) is 23.3. The Hall–Kier alpha value is -3.22. The monoisotopic (exact) mass is 916 g/mol. The van der Waals surface area contributed by atoms with Crippen molar-refractivity contribution in [3.63, 3.8) is 0 Å². The zero-order valence-electron chi connectivity index (χ0n) is 35.7. The van der Waals surface area contributed by atoms with Crippen LogP contribution < -0.4 is 9.84 Å². The van der Waals surface area contributed by atoms with Gasteiger partial charge >= 0.3 is 40.9 Å². The van der Waals surface area contributed by atoms with Gasteiger partial charge in [-0.15, -0.1) is 0 Å². The maximum absolute atomic E-state index is 14.1. The van der Waals surface area contributed by atoms with Crippen LogP contribution in [0, 0.1) is 16.7 Å². The Morgan fingerprint density at radius 3 is 2.05 bits per heavy atom. The summed E-state index contributed by atoms with van der Waals surface area (Å²) in [5, 5.41) is 2.36. The smallest absolute Gasteiger partial charge is 0.452 e. The first kappa shape index (κ1) is 52.9. The normalized spacial score (nSPS) is 16.7. The zero-order chi connectivity index (χ0) is 45.5. The van der Waals surface area contributed by atoms with Crippen molar-refractivity contribution >= 4 is 52.7 Å². The first-order valence-electron chi connectivity index (χ1n) is 18.8. The zero-order valence-corrected chi connectivity index (χ0v) is 38.4. The minimum atomic E-state index is -4.82. The van der Waals surface area contributed by atoms with Gasteiger partial charge in [0.1, 0.15) is 17.9 Å². The van der Waals surface area contributed by atoms with Crippen molar-refractivity contribution in [2.75, 3.05) is 73.3 Å². The number of phosphoric acid groups is 1. The lowest BCUT2D eigenvalue weighted by molar-refractivity contribution is -0.208. The molecule has 3 unspecified atom stereocenters. The summed E-state index contributed by atoms with van der Waals surface area (Å²) >= 11 is 0. The Kier molecular flexibility index (Phi) is 20.5. The van der Waals surface area contributed by atoms with Crippen molar-refractivity contribution < 1.29 is 88.7 Å². The van der Waals surface area contributed by atoms with Crippen molar-refractivity contribution in [2.24, 2.45) is 16.7 Å². The molecule has 2 rings (SSSR count). The van der Waals surface area contributed by atoms with Crippen LogP contribution in [-0.2, 0) is 81.0 Å². The molecule has 1 fully saturated rings. The van der Waals surface area contributed by atoms with Gasteiger partial charge in [0.05, 0.1) is 50.5 Å². The maximum atomic E-state index is 14.1. The molecule has 2 N–H and O–H groups in total. The number of phosphoric ester groups is 1. The van der Waals surface area contributed by atoms with E-state index in [0.717, 1.165) is 6.07 Å². The number of nitrogens with zero attached hydrogens (tertiary/aromatic N) is 1. The molecule has 0 saturated carbocycles. The number of hydrogen-bond acceptors (Lipinski definition) is 18. The molecule has 342 valence electrons. The Morgan fingerprint density at radius 2 is 1.50 bits per heavy atom. The number of nitrogens with one attached hydrogen (secondary N) is 1. The topological polar surface area (TPSA) is 264 Å². The van der Waals surface area contributed by atoms with Crippen molar-refractivity contribution in [3.8, 4) is 5.75 Å². The van der Waals surface area contributed by atoms with E-state index in [2.05, 4.69) is 5.32 Å². The minimum absolute atomic E-state index is 0.0597. The Morgan fingerprint density at radius 1 is 0.900 bits per heavy atom. The van der Waals surface area contributed by atoms with Gasteiger partial charge in [0.2, 0.25) is 12.2 Å². The van der Waals surface area contributed by atoms with Crippen LogP contribution in [0.25, 0.3) is 0 Å². The summed E-state index contributed by atoms with van der Waals surface area (Å²) in [5.41, 5.74) is -2.12. The summed E-state index contributed by atoms with van der Waals surface area (Å²) in [6.07, 6.45) is -0.989. The van der Waals surface area contributed by atoms with Crippen LogP contribution in [-0.4, -0.2) is 119 Å². The lowest BCUT2D eigenvalue weighted by atomic mass is 9.96. The molecule has 0 aliphatic carbocycles. The molecule has 1 aromatic carbocycles. The summed E-state index contributed by atoms with van der Waals surface area (Å²) in [6, 6.07) is 3.70. The quantitative estimate of drug-likeness (QED) is 0.0630. The molecule has 1 aliphatic heterocycles. The van der Waals surface area contributed by atoms with E-state index in [9.17, 15) is 42.6 Å². The van der Waals surface area contributed by atoms with E-state index < -0.39 is 108 Å². The number of carbonyl (C=O) groups excluding carboxylic acids is 5. The SMILES string of the molecule is CNC(=O)COCCOP(=O)(CP(=O)(O)OCCC(C)C(OC(=O)C(C)(C)C)OC(=O)C(C)(C)C)OCc1ccc(OP2(=O)OCCCO2)c(C(=O)OCC(=O)N(C)C)c1. The predicted molar refractivity (Wildman–Crippen MR) is 213 cm³/mol. The molecule has 1 saturated heterocycles. The predicted octanol–water partition coefficient (Wildman–Crippen LogP) is 5.03. The van der Waals surface area contributed by atoms with E-state index in [0.29, 0.717) is 6.42 Å². The van der Waals surface area contributed by atoms with Crippen LogP contribution in [0.5, 0.6) is 5.75 Å². The van der Waals surface area contributed by atoms with Crippen molar-refractivity contribution in [1.82, 2.24) is 10.2 Å². The third-order valence-corrected chi connectivity index (χ3v) is 13.8. The lowest BCUT2D eigenvalue weighted by Gasteiger charge is -2.29. The van der Waals surface area contributed by atoms with Gasteiger partial charge in [-0.1, -0.05) is 13.0 Å². The van der Waals surface area contributed by atoms with Gasteiger partial charge in [0.25, 0.3) is 5.91 Å². The molecule has 1 heterocycles. The Labute approximate surface area is 350 Å². The fourth-order valence-corrected chi connectivity index (χ4v) is 9.40. The molecule has 21 nitrogen and oxygen atoms in total. The fraction of sp³-hybridized carbons (Fsp3) is 0.694. The first-order valence-corrected chi connectivity index (χ1v) is 23.8. The van der Waals surface area contributed by atoms with Crippen LogP contribution in [0.3, 0.4) is 0 Å². The number of carbonyl (C=O) groups is 5.